The van der Waals surface area contributed by atoms with Crippen molar-refractivity contribution in [2.24, 2.45) is 0 Å². The lowest BCUT2D eigenvalue weighted by atomic mass is 10.1. The van der Waals surface area contributed by atoms with Crippen molar-refractivity contribution in [1.29, 1.82) is 0 Å². The SMILES string of the molecule is CCOc1ccc(C(=O)NCCc2ccc(S(=O)(=O)N3CCOCC3)cc2)cc1. The molecular formula is C21H26N2O5S. The maximum atomic E-state index is 12.6. The van der Waals surface area contributed by atoms with Crippen LogP contribution in [0.5, 0.6) is 5.75 Å². The first kappa shape index (κ1) is 21.3. The zero-order chi connectivity index (χ0) is 20.7. The van der Waals surface area contributed by atoms with E-state index in [1.165, 1.54) is 4.31 Å². The standard InChI is InChI=1S/C21H26N2O5S/c1-2-28-19-7-5-18(6-8-19)21(24)22-12-11-17-3-9-20(10-4-17)29(25,26)23-13-15-27-16-14-23/h3-10H,2,11-16H2,1H3,(H,22,24). The van der Waals surface area contributed by atoms with Crippen molar-refractivity contribution in [3.05, 3.63) is 59.7 Å². The van der Waals surface area contributed by atoms with Gasteiger partial charge in [-0.05, 0) is 55.3 Å². The number of rotatable bonds is 8. The van der Waals surface area contributed by atoms with Gasteiger partial charge < -0.3 is 14.8 Å². The molecule has 7 nitrogen and oxygen atoms in total. The van der Waals surface area contributed by atoms with Gasteiger partial charge in [-0.15, -0.1) is 0 Å². The lowest BCUT2D eigenvalue weighted by Gasteiger charge is -2.26. The summed E-state index contributed by atoms with van der Waals surface area (Å²) in [4.78, 5) is 12.5. The Morgan fingerprint density at radius 2 is 1.72 bits per heavy atom. The summed E-state index contributed by atoms with van der Waals surface area (Å²) in [6, 6.07) is 13.8. The number of carbonyl (C=O) groups excluding carboxylic acids is 1. The van der Waals surface area contributed by atoms with E-state index in [4.69, 9.17) is 9.47 Å². The molecule has 0 bridgehead atoms. The molecule has 1 aliphatic heterocycles. The molecule has 0 spiro atoms. The number of nitrogens with zero attached hydrogens (tertiary/aromatic N) is 1. The van der Waals surface area contributed by atoms with E-state index in [0.717, 1.165) is 11.3 Å². The summed E-state index contributed by atoms with van der Waals surface area (Å²) < 4.78 is 37.3. The smallest absolute Gasteiger partial charge is 0.251 e. The fourth-order valence-electron chi connectivity index (χ4n) is 3.06. The zero-order valence-corrected chi connectivity index (χ0v) is 17.3. The van der Waals surface area contributed by atoms with Gasteiger partial charge in [-0.25, -0.2) is 8.42 Å². The second-order valence-corrected chi connectivity index (χ2v) is 8.56. The van der Waals surface area contributed by atoms with E-state index < -0.39 is 10.0 Å². The van der Waals surface area contributed by atoms with Gasteiger partial charge in [-0.3, -0.25) is 4.79 Å². The van der Waals surface area contributed by atoms with Crippen LogP contribution < -0.4 is 10.1 Å². The van der Waals surface area contributed by atoms with Crippen LogP contribution in [0.15, 0.2) is 53.4 Å². The molecule has 0 aromatic heterocycles. The number of amides is 1. The molecule has 2 aromatic carbocycles. The molecule has 29 heavy (non-hydrogen) atoms. The third-order valence-corrected chi connectivity index (χ3v) is 6.57. The number of hydrogen-bond donors (Lipinski definition) is 1. The fourth-order valence-corrected chi connectivity index (χ4v) is 4.46. The highest BCUT2D eigenvalue weighted by Gasteiger charge is 2.26. The third-order valence-electron chi connectivity index (χ3n) is 4.66. The Bertz CT molecular complexity index is 905. The van der Waals surface area contributed by atoms with Crippen molar-refractivity contribution < 1.29 is 22.7 Å². The molecule has 1 amide bonds. The maximum absolute atomic E-state index is 12.6. The summed E-state index contributed by atoms with van der Waals surface area (Å²) in [5.74, 6) is 0.579. The second kappa shape index (κ2) is 9.87. The zero-order valence-electron chi connectivity index (χ0n) is 16.5. The van der Waals surface area contributed by atoms with Gasteiger partial charge in [-0.2, -0.15) is 4.31 Å². The Kier molecular flexibility index (Phi) is 7.24. The van der Waals surface area contributed by atoms with E-state index in [9.17, 15) is 13.2 Å². The molecule has 1 saturated heterocycles. The first-order valence-corrected chi connectivity index (χ1v) is 11.1. The summed E-state index contributed by atoms with van der Waals surface area (Å²) in [6.07, 6.45) is 0.612. The van der Waals surface area contributed by atoms with Crippen LogP contribution in [0.3, 0.4) is 0 Å². The molecule has 8 heteroatoms. The highest BCUT2D eigenvalue weighted by Crippen LogP contribution is 2.18. The van der Waals surface area contributed by atoms with Gasteiger partial charge in [0, 0.05) is 25.2 Å². The third kappa shape index (κ3) is 5.56. The van der Waals surface area contributed by atoms with Gasteiger partial charge in [0.25, 0.3) is 5.91 Å². The van der Waals surface area contributed by atoms with Crippen LogP contribution in [-0.4, -0.2) is 58.1 Å². The highest BCUT2D eigenvalue weighted by molar-refractivity contribution is 7.89. The quantitative estimate of drug-likeness (QED) is 0.710. The second-order valence-electron chi connectivity index (χ2n) is 6.62. The van der Waals surface area contributed by atoms with E-state index in [1.807, 2.05) is 6.92 Å². The molecule has 3 rings (SSSR count). The lowest BCUT2D eigenvalue weighted by Crippen LogP contribution is -2.40. The summed E-state index contributed by atoms with van der Waals surface area (Å²) >= 11 is 0. The minimum absolute atomic E-state index is 0.153. The van der Waals surface area contributed by atoms with E-state index >= 15 is 0 Å². The number of carbonyl (C=O) groups is 1. The number of morpholine rings is 1. The molecule has 1 N–H and O–H groups in total. The van der Waals surface area contributed by atoms with Crippen molar-refractivity contribution in [1.82, 2.24) is 9.62 Å². The number of nitrogens with one attached hydrogen (secondary N) is 1. The number of sulfonamides is 1. The van der Waals surface area contributed by atoms with E-state index in [0.29, 0.717) is 51.4 Å². The largest absolute Gasteiger partial charge is 0.494 e. The van der Waals surface area contributed by atoms with Gasteiger partial charge in [0.1, 0.15) is 5.75 Å². The van der Waals surface area contributed by atoms with Gasteiger partial charge in [-0.1, -0.05) is 12.1 Å². The van der Waals surface area contributed by atoms with E-state index in [2.05, 4.69) is 5.32 Å². The Morgan fingerprint density at radius 3 is 2.34 bits per heavy atom. The van der Waals surface area contributed by atoms with Crippen LogP contribution in [0.2, 0.25) is 0 Å². The molecule has 156 valence electrons. The van der Waals surface area contributed by atoms with Crippen molar-refractivity contribution in [2.75, 3.05) is 39.5 Å². The predicted octanol–water partition coefficient (Wildman–Crippen LogP) is 2.08. The van der Waals surface area contributed by atoms with Crippen LogP contribution in [0, 0.1) is 0 Å². The van der Waals surface area contributed by atoms with Crippen LogP contribution in [0.1, 0.15) is 22.8 Å². The monoisotopic (exact) mass is 418 g/mol. The first-order chi connectivity index (χ1) is 14.0. The fraction of sp³-hybridized carbons (Fsp3) is 0.381. The molecule has 1 heterocycles. The Hall–Kier alpha value is -2.42. The molecule has 0 radical (unpaired) electrons. The van der Waals surface area contributed by atoms with E-state index in [-0.39, 0.29) is 10.8 Å². The van der Waals surface area contributed by atoms with Gasteiger partial charge >= 0.3 is 0 Å². The summed E-state index contributed by atoms with van der Waals surface area (Å²) in [5.41, 5.74) is 1.53. The van der Waals surface area contributed by atoms with Crippen LogP contribution in [-0.2, 0) is 21.2 Å². The average molecular weight is 419 g/mol. The number of benzene rings is 2. The summed E-state index contributed by atoms with van der Waals surface area (Å²) in [5, 5.41) is 2.88. The topological polar surface area (TPSA) is 84.9 Å². The Balaban J connectivity index is 1.51. The molecule has 1 fully saturated rings. The molecule has 0 atom stereocenters. The van der Waals surface area contributed by atoms with E-state index in [1.54, 1.807) is 48.5 Å². The highest BCUT2D eigenvalue weighted by atomic mass is 32.2. The molecule has 0 unspecified atom stereocenters. The van der Waals surface area contributed by atoms with Gasteiger partial charge in [0.2, 0.25) is 10.0 Å². The van der Waals surface area contributed by atoms with Crippen molar-refractivity contribution in [3.63, 3.8) is 0 Å². The van der Waals surface area contributed by atoms with Gasteiger partial charge in [0.15, 0.2) is 0 Å². The summed E-state index contributed by atoms with van der Waals surface area (Å²) in [6.45, 7) is 4.55. The van der Waals surface area contributed by atoms with Crippen LogP contribution in [0.4, 0.5) is 0 Å². The van der Waals surface area contributed by atoms with Crippen LogP contribution in [0.25, 0.3) is 0 Å². The molecule has 1 aliphatic rings. The molecular weight excluding hydrogens is 392 g/mol. The first-order valence-electron chi connectivity index (χ1n) is 9.68. The van der Waals surface area contributed by atoms with Crippen LogP contribution >= 0.6 is 0 Å². The predicted molar refractivity (Wildman–Crippen MR) is 110 cm³/mol. The average Bonchev–Trinajstić information content (AvgIpc) is 2.75. The Morgan fingerprint density at radius 1 is 1.07 bits per heavy atom. The number of ether oxygens (including phenoxy) is 2. The number of hydrogen-bond acceptors (Lipinski definition) is 5. The lowest BCUT2D eigenvalue weighted by molar-refractivity contribution is 0.0730. The normalized spacial score (nSPS) is 15.1. The van der Waals surface area contributed by atoms with Crippen molar-refractivity contribution >= 4 is 15.9 Å². The maximum Gasteiger partial charge on any atom is 0.251 e. The van der Waals surface area contributed by atoms with Crippen molar-refractivity contribution in [2.45, 2.75) is 18.2 Å². The molecule has 0 aliphatic carbocycles. The Labute approximate surface area is 171 Å². The minimum Gasteiger partial charge on any atom is -0.494 e. The molecule has 2 aromatic rings. The van der Waals surface area contributed by atoms with Gasteiger partial charge in [0.05, 0.1) is 24.7 Å². The molecule has 0 saturated carbocycles. The van der Waals surface area contributed by atoms with Crippen molar-refractivity contribution in [3.8, 4) is 5.75 Å². The summed E-state index contributed by atoms with van der Waals surface area (Å²) in [7, 11) is -3.48. The minimum atomic E-state index is -3.48.